The first-order chi connectivity index (χ1) is 13.1. The fourth-order valence-electron chi connectivity index (χ4n) is 1.96. The topological polar surface area (TPSA) is 9.23 Å². The van der Waals surface area contributed by atoms with Crippen LogP contribution in [0.25, 0.3) is 0 Å². The van der Waals surface area contributed by atoms with Crippen LogP contribution in [0.15, 0.2) is 0 Å². The van der Waals surface area contributed by atoms with Gasteiger partial charge in [0.15, 0.2) is 0 Å². The Bertz CT molecular complexity index is 640. The quantitative estimate of drug-likeness (QED) is 0.295. The molecule has 0 rings (SSSR count). The number of hydrogen-bond acceptors (Lipinski definition) is 1. The van der Waals surface area contributed by atoms with Crippen molar-refractivity contribution in [3.05, 3.63) is 0 Å². The lowest BCUT2D eigenvalue weighted by molar-refractivity contribution is -0.463. The molecule has 0 heterocycles. The van der Waals surface area contributed by atoms with Crippen LogP contribution >= 0.6 is 0 Å². The van der Waals surface area contributed by atoms with Crippen molar-refractivity contribution in [1.29, 1.82) is 0 Å². The van der Waals surface area contributed by atoms with Gasteiger partial charge in [-0.2, -0.15) is 74.6 Å². The van der Waals surface area contributed by atoms with Gasteiger partial charge in [0, 0.05) is 6.10 Å². The molecular formula is C12H11F17OSi. The zero-order chi connectivity index (χ0) is 25.9. The van der Waals surface area contributed by atoms with Gasteiger partial charge in [-0.3, -0.25) is 0 Å². The predicted molar refractivity (Wildman–Crippen MR) is 70.3 cm³/mol. The van der Waals surface area contributed by atoms with Crippen molar-refractivity contribution >= 4 is 10.5 Å². The van der Waals surface area contributed by atoms with E-state index in [-0.39, 0.29) is 6.92 Å². The van der Waals surface area contributed by atoms with Gasteiger partial charge in [0.2, 0.25) is 0 Å². The number of hydrogen-bond donors (Lipinski definition) is 0. The molecule has 0 saturated carbocycles. The van der Waals surface area contributed by atoms with Crippen molar-refractivity contribution in [2.45, 2.75) is 67.6 Å². The van der Waals surface area contributed by atoms with Gasteiger partial charge in [-0.1, -0.05) is 6.92 Å². The number of halogens is 17. The molecule has 1 nitrogen and oxygen atoms in total. The molecule has 2 unspecified atom stereocenters. The van der Waals surface area contributed by atoms with Crippen LogP contribution in [0.2, 0.25) is 0 Å². The van der Waals surface area contributed by atoms with Crippen molar-refractivity contribution in [1.82, 2.24) is 0 Å². The van der Waals surface area contributed by atoms with E-state index in [4.69, 9.17) is 0 Å². The highest BCUT2D eigenvalue weighted by atomic mass is 28.2. The molecule has 0 aromatic rings. The minimum Gasteiger partial charge on any atom is -0.425 e. The summed E-state index contributed by atoms with van der Waals surface area (Å²) in [6.07, 6.45) is -9.88. The molecule has 19 heteroatoms. The largest absolute Gasteiger partial charge is 0.460 e. The van der Waals surface area contributed by atoms with Gasteiger partial charge in [-0.15, -0.1) is 0 Å². The van der Waals surface area contributed by atoms with E-state index in [1.807, 2.05) is 0 Å². The van der Waals surface area contributed by atoms with E-state index < -0.39 is 70.1 Å². The fraction of sp³-hybridized carbons (Fsp3) is 1.00. The molecule has 0 fully saturated rings. The van der Waals surface area contributed by atoms with Crippen LogP contribution in [0.4, 0.5) is 74.6 Å². The standard InChI is InChI=1S/C12H11F17OSi/c1-3(4(2)30-31)5(13,14)6(15,16)7(17,18)8(19,20)9(21,22)10(23,24)11(25,26)12(27,28)29/h3-4H,1-2,31H3. The van der Waals surface area contributed by atoms with Crippen molar-refractivity contribution in [2.24, 2.45) is 5.92 Å². The number of rotatable bonds is 9. The van der Waals surface area contributed by atoms with E-state index in [1.54, 1.807) is 0 Å². The molecule has 2 atom stereocenters. The summed E-state index contributed by atoms with van der Waals surface area (Å²) in [6.45, 7) is 0.500. The Morgan fingerprint density at radius 1 is 0.484 bits per heavy atom. The normalized spacial score (nSPS) is 18.3. The molecule has 0 aliphatic carbocycles. The van der Waals surface area contributed by atoms with Gasteiger partial charge >= 0.3 is 47.6 Å². The molecule has 0 aromatic carbocycles. The second-order valence-corrected chi connectivity index (χ2v) is 6.77. The lowest BCUT2D eigenvalue weighted by atomic mass is 9.84. The van der Waals surface area contributed by atoms with Crippen LogP contribution in [0.5, 0.6) is 0 Å². The Balaban J connectivity index is 6.76. The minimum absolute atomic E-state index is 0.0186. The second kappa shape index (κ2) is 7.79. The van der Waals surface area contributed by atoms with Crippen molar-refractivity contribution in [2.75, 3.05) is 0 Å². The minimum atomic E-state index is -8.61. The monoisotopic (exact) mass is 522 g/mol. The van der Waals surface area contributed by atoms with E-state index in [1.165, 1.54) is 0 Å². The van der Waals surface area contributed by atoms with Crippen LogP contribution in [0.1, 0.15) is 13.8 Å². The third kappa shape index (κ3) is 3.86. The van der Waals surface area contributed by atoms with E-state index >= 15 is 0 Å². The summed E-state index contributed by atoms with van der Waals surface area (Å²) in [6, 6.07) is 0. The van der Waals surface area contributed by atoms with Crippen LogP contribution in [-0.4, -0.2) is 64.2 Å². The van der Waals surface area contributed by atoms with Gasteiger partial charge in [0.25, 0.3) is 0 Å². The third-order valence-corrected chi connectivity index (χ3v) is 5.14. The predicted octanol–water partition coefficient (Wildman–Crippen LogP) is 5.32. The van der Waals surface area contributed by atoms with E-state index in [0.717, 1.165) is 0 Å². The summed E-state index contributed by atoms with van der Waals surface area (Å²) in [5, 5.41) is 0. The molecule has 188 valence electrons. The summed E-state index contributed by atoms with van der Waals surface area (Å²) in [5.74, 6) is -59.3. The fourth-order valence-corrected chi connectivity index (χ4v) is 2.37. The van der Waals surface area contributed by atoms with Gasteiger partial charge in [0.1, 0.15) is 10.5 Å². The van der Waals surface area contributed by atoms with E-state index in [0.29, 0.717) is 6.92 Å². The maximum Gasteiger partial charge on any atom is 0.460 e. The van der Waals surface area contributed by atoms with E-state index in [9.17, 15) is 74.6 Å². The average Bonchev–Trinajstić information content (AvgIpc) is 2.57. The molecule has 0 aliphatic rings. The molecular weight excluding hydrogens is 511 g/mol. The SMILES string of the molecule is CC(O[SiH3])C(C)C(F)(F)C(F)(F)C(F)(F)C(F)(F)C(F)(F)C(F)(F)C(F)(F)C(F)(F)F. The van der Waals surface area contributed by atoms with Crippen LogP contribution < -0.4 is 0 Å². The molecule has 0 radical (unpaired) electrons. The summed E-state index contributed by atoms with van der Waals surface area (Å²) in [7, 11) is -0.525. The Kier molecular flexibility index (Phi) is 7.54. The molecule has 0 N–H and O–H groups in total. The summed E-state index contributed by atoms with van der Waals surface area (Å²) < 4.78 is 227. The second-order valence-electron chi connectivity index (χ2n) is 6.30. The van der Waals surface area contributed by atoms with Crippen LogP contribution in [0.3, 0.4) is 0 Å². The summed E-state index contributed by atoms with van der Waals surface area (Å²) >= 11 is 0. The van der Waals surface area contributed by atoms with Crippen LogP contribution in [-0.2, 0) is 4.43 Å². The van der Waals surface area contributed by atoms with E-state index in [2.05, 4.69) is 4.43 Å². The van der Waals surface area contributed by atoms with Gasteiger partial charge in [-0.05, 0) is 6.92 Å². The zero-order valence-corrected chi connectivity index (χ0v) is 17.0. The Morgan fingerprint density at radius 3 is 1.00 bits per heavy atom. The smallest absolute Gasteiger partial charge is 0.425 e. The van der Waals surface area contributed by atoms with Crippen LogP contribution in [0, 0.1) is 5.92 Å². The van der Waals surface area contributed by atoms with Gasteiger partial charge in [0.05, 0.1) is 5.92 Å². The number of alkyl halides is 17. The molecule has 0 bridgehead atoms. The van der Waals surface area contributed by atoms with Gasteiger partial charge < -0.3 is 4.43 Å². The molecule has 31 heavy (non-hydrogen) atoms. The van der Waals surface area contributed by atoms with Crippen molar-refractivity contribution < 1.29 is 79.1 Å². The van der Waals surface area contributed by atoms with Crippen molar-refractivity contribution in [3.8, 4) is 0 Å². The third-order valence-electron chi connectivity index (χ3n) is 4.39. The maximum atomic E-state index is 13.8. The highest BCUT2D eigenvalue weighted by Crippen LogP contribution is 2.64. The maximum absolute atomic E-state index is 13.8. The lowest BCUT2D eigenvalue weighted by Gasteiger charge is -2.44. The average molecular weight is 522 g/mol. The highest BCUT2D eigenvalue weighted by Gasteiger charge is 2.95. The summed E-state index contributed by atoms with van der Waals surface area (Å²) in [5.41, 5.74) is 0. The molecule has 0 spiro atoms. The first-order valence-electron chi connectivity index (χ1n) is 7.38. The highest BCUT2D eigenvalue weighted by molar-refractivity contribution is 5.98. The molecule has 0 aromatic heterocycles. The van der Waals surface area contributed by atoms with Crippen molar-refractivity contribution in [3.63, 3.8) is 0 Å². The Labute approximate surface area is 164 Å². The zero-order valence-electron chi connectivity index (χ0n) is 15.0. The van der Waals surface area contributed by atoms with Gasteiger partial charge in [-0.25, -0.2) is 0 Å². The molecule has 0 aliphatic heterocycles. The summed E-state index contributed by atoms with van der Waals surface area (Å²) in [4.78, 5) is 0. The molecule has 0 saturated heterocycles. The lowest BCUT2D eigenvalue weighted by Crippen LogP contribution is -2.75. The Morgan fingerprint density at radius 2 is 0.742 bits per heavy atom. The first-order valence-corrected chi connectivity index (χ1v) is 8.20. The Hall–Kier alpha value is -1.01. The molecule has 0 amide bonds. The first kappa shape index (κ1) is 30.0.